The van der Waals surface area contributed by atoms with Crippen molar-refractivity contribution in [2.24, 2.45) is 5.10 Å². The monoisotopic (exact) mass is 409 g/mol. The normalized spacial score (nSPS) is 10.7. The molecule has 0 aliphatic rings. The van der Waals surface area contributed by atoms with Crippen molar-refractivity contribution >= 4 is 23.7 Å². The third-order valence-corrected chi connectivity index (χ3v) is 4.42. The second-order valence-corrected chi connectivity index (χ2v) is 6.60. The third-order valence-electron chi connectivity index (χ3n) is 4.42. The molecule has 2 N–H and O–H groups in total. The van der Waals surface area contributed by atoms with E-state index in [1.807, 2.05) is 72.9 Å². The summed E-state index contributed by atoms with van der Waals surface area (Å²) in [7, 11) is 0. The number of nitrogens with zero attached hydrogens (tertiary/aromatic N) is 3. The van der Waals surface area contributed by atoms with E-state index < -0.39 is 11.8 Å². The van der Waals surface area contributed by atoms with Crippen LogP contribution < -0.4 is 10.7 Å². The van der Waals surface area contributed by atoms with Gasteiger partial charge in [-0.25, -0.2) is 10.1 Å². The molecule has 1 heterocycles. The van der Waals surface area contributed by atoms with E-state index in [1.54, 1.807) is 28.9 Å². The van der Waals surface area contributed by atoms with Crippen molar-refractivity contribution in [2.45, 2.75) is 0 Å². The van der Waals surface area contributed by atoms with Crippen LogP contribution in [0.3, 0.4) is 0 Å². The number of para-hydroxylation sites is 2. The van der Waals surface area contributed by atoms with Gasteiger partial charge in [-0.05, 0) is 24.3 Å². The van der Waals surface area contributed by atoms with Crippen LogP contribution in [-0.2, 0) is 9.59 Å². The standard InChI is InChI=1S/C24H19N5O2/c30-23(26-20-12-6-2-7-13-20)24(31)27-25-16-19-17-29(21-14-8-3-9-15-21)28-22(19)18-10-4-1-5-11-18/h1-17H,(H,26,30)(H,27,31)/b25-16+. The van der Waals surface area contributed by atoms with E-state index in [1.165, 1.54) is 6.21 Å². The molecule has 0 fully saturated rings. The van der Waals surface area contributed by atoms with Crippen molar-refractivity contribution in [1.29, 1.82) is 0 Å². The molecule has 0 atom stereocenters. The molecule has 0 bridgehead atoms. The molecular weight excluding hydrogens is 390 g/mol. The van der Waals surface area contributed by atoms with Crippen molar-refractivity contribution in [3.8, 4) is 16.9 Å². The topological polar surface area (TPSA) is 88.4 Å². The van der Waals surface area contributed by atoms with Gasteiger partial charge in [0.25, 0.3) is 0 Å². The molecule has 0 saturated heterocycles. The maximum absolute atomic E-state index is 12.1. The predicted molar refractivity (Wildman–Crippen MR) is 120 cm³/mol. The zero-order valence-electron chi connectivity index (χ0n) is 16.5. The van der Waals surface area contributed by atoms with Crippen LogP contribution in [0.5, 0.6) is 0 Å². The minimum atomic E-state index is -0.864. The molecule has 0 spiro atoms. The van der Waals surface area contributed by atoms with E-state index in [2.05, 4.69) is 20.9 Å². The van der Waals surface area contributed by atoms with Gasteiger partial charge in [-0.3, -0.25) is 9.59 Å². The van der Waals surface area contributed by atoms with Gasteiger partial charge in [-0.2, -0.15) is 10.2 Å². The number of hydrazone groups is 1. The Morgan fingerprint density at radius 3 is 2.10 bits per heavy atom. The van der Waals surface area contributed by atoms with Gasteiger partial charge in [0.05, 0.1) is 11.9 Å². The fourth-order valence-corrected chi connectivity index (χ4v) is 2.94. The highest BCUT2D eigenvalue weighted by Crippen LogP contribution is 2.22. The number of hydrogen-bond acceptors (Lipinski definition) is 4. The lowest BCUT2D eigenvalue weighted by molar-refractivity contribution is -0.136. The summed E-state index contributed by atoms with van der Waals surface area (Å²) in [4.78, 5) is 24.1. The summed E-state index contributed by atoms with van der Waals surface area (Å²) in [6, 6.07) is 28.1. The van der Waals surface area contributed by atoms with Gasteiger partial charge in [-0.15, -0.1) is 0 Å². The minimum Gasteiger partial charge on any atom is -0.318 e. The van der Waals surface area contributed by atoms with Crippen molar-refractivity contribution < 1.29 is 9.59 Å². The fourth-order valence-electron chi connectivity index (χ4n) is 2.94. The molecule has 4 aromatic rings. The summed E-state index contributed by atoms with van der Waals surface area (Å²) < 4.78 is 1.74. The molecule has 7 nitrogen and oxygen atoms in total. The molecule has 0 saturated carbocycles. The quantitative estimate of drug-likeness (QED) is 0.300. The lowest BCUT2D eigenvalue weighted by Crippen LogP contribution is -2.32. The Morgan fingerprint density at radius 2 is 1.42 bits per heavy atom. The summed E-state index contributed by atoms with van der Waals surface area (Å²) in [5, 5.41) is 11.1. The maximum Gasteiger partial charge on any atom is 0.329 e. The van der Waals surface area contributed by atoms with Crippen molar-refractivity contribution in [2.75, 3.05) is 5.32 Å². The Hall–Kier alpha value is -4.52. The summed E-state index contributed by atoms with van der Waals surface area (Å²) in [5.74, 6) is -1.66. The first-order valence-electron chi connectivity index (χ1n) is 9.60. The molecular formula is C24H19N5O2. The van der Waals surface area contributed by atoms with E-state index in [4.69, 9.17) is 0 Å². The number of nitrogens with one attached hydrogen (secondary N) is 2. The van der Waals surface area contributed by atoms with Crippen LogP contribution >= 0.6 is 0 Å². The number of anilines is 1. The number of rotatable bonds is 5. The first-order chi connectivity index (χ1) is 15.2. The van der Waals surface area contributed by atoms with Gasteiger partial charge in [0, 0.05) is 23.0 Å². The molecule has 1 aromatic heterocycles. The molecule has 7 heteroatoms. The Kier molecular flexibility index (Phi) is 5.95. The Balaban J connectivity index is 1.53. The van der Waals surface area contributed by atoms with Gasteiger partial charge in [0.15, 0.2) is 0 Å². The molecule has 0 radical (unpaired) electrons. The zero-order chi connectivity index (χ0) is 21.5. The first-order valence-corrected chi connectivity index (χ1v) is 9.60. The number of benzene rings is 3. The number of hydrogen-bond donors (Lipinski definition) is 2. The van der Waals surface area contributed by atoms with Crippen LogP contribution in [0.25, 0.3) is 16.9 Å². The second-order valence-electron chi connectivity index (χ2n) is 6.60. The Bertz CT molecular complexity index is 1200. The number of aromatic nitrogens is 2. The van der Waals surface area contributed by atoms with Crippen LogP contribution in [0, 0.1) is 0 Å². The molecule has 4 rings (SSSR count). The largest absolute Gasteiger partial charge is 0.329 e. The molecule has 0 aliphatic heterocycles. The third kappa shape index (κ3) is 4.91. The smallest absolute Gasteiger partial charge is 0.318 e. The minimum absolute atomic E-state index is 0.530. The van der Waals surface area contributed by atoms with Crippen molar-refractivity contribution in [1.82, 2.24) is 15.2 Å². The lowest BCUT2D eigenvalue weighted by Gasteiger charge is -2.03. The van der Waals surface area contributed by atoms with Gasteiger partial charge in [0.2, 0.25) is 0 Å². The van der Waals surface area contributed by atoms with Crippen LogP contribution in [-0.4, -0.2) is 27.8 Å². The maximum atomic E-state index is 12.1. The van der Waals surface area contributed by atoms with Gasteiger partial charge in [0.1, 0.15) is 5.69 Å². The average molecular weight is 409 g/mol. The lowest BCUT2D eigenvalue weighted by atomic mass is 10.1. The Labute approximate surface area is 179 Å². The average Bonchev–Trinajstić information content (AvgIpc) is 3.25. The van der Waals surface area contributed by atoms with E-state index in [-0.39, 0.29) is 0 Å². The van der Waals surface area contributed by atoms with Gasteiger partial charge >= 0.3 is 11.8 Å². The zero-order valence-corrected chi connectivity index (χ0v) is 16.5. The van der Waals surface area contributed by atoms with Gasteiger partial charge in [-0.1, -0.05) is 66.7 Å². The molecule has 2 amide bonds. The second kappa shape index (κ2) is 9.32. The Morgan fingerprint density at radius 1 is 0.806 bits per heavy atom. The molecule has 0 unspecified atom stereocenters. The highest BCUT2D eigenvalue weighted by molar-refractivity contribution is 6.39. The van der Waals surface area contributed by atoms with Crippen LogP contribution in [0.4, 0.5) is 5.69 Å². The van der Waals surface area contributed by atoms with E-state index in [0.29, 0.717) is 16.9 Å². The van der Waals surface area contributed by atoms with Crippen LogP contribution in [0.1, 0.15) is 5.56 Å². The summed E-state index contributed by atoms with van der Waals surface area (Å²) >= 11 is 0. The number of carbonyl (C=O) groups excluding carboxylic acids is 2. The molecule has 152 valence electrons. The van der Waals surface area contributed by atoms with Crippen LogP contribution in [0.2, 0.25) is 0 Å². The fraction of sp³-hybridized carbons (Fsp3) is 0. The summed E-state index contributed by atoms with van der Waals surface area (Å²) in [6.45, 7) is 0. The van der Waals surface area contributed by atoms with E-state index in [9.17, 15) is 9.59 Å². The highest BCUT2D eigenvalue weighted by Gasteiger charge is 2.14. The van der Waals surface area contributed by atoms with E-state index >= 15 is 0 Å². The van der Waals surface area contributed by atoms with Crippen LogP contribution in [0.15, 0.2) is 102 Å². The summed E-state index contributed by atoms with van der Waals surface area (Å²) in [5.41, 5.74) is 5.99. The SMILES string of the molecule is O=C(N/N=C/c1cn(-c2ccccc2)nc1-c1ccccc1)C(=O)Nc1ccccc1. The number of carbonyl (C=O) groups is 2. The van der Waals surface area contributed by atoms with Gasteiger partial charge < -0.3 is 5.32 Å². The molecule has 31 heavy (non-hydrogen) atoms. The molecule has 0 aliphatic carbocycles. The predicted octanol–water partition coefficient (Wildman–Crippen LogP) is 3.63. The first kappa shape index (κ1) is 19.8. The number of amides is 2. The van der Waals surface area contributed by atoms with Crippen molar-refractivity contribution in [3.05, 3.63) is 103 Å². The molecule has 3 aromatic carbocycles. The van der Waals surface area contributed by atoms with Crippen molar-refractivity contribution in [3.63, 3.8) is 0 Å². The highest BCUT2D eigenvalue weighted by atomic mass is 16.2. The van der Waals surface area contributed by atoms with E-state index in [0.717, 1.165) is 11.3 Å². The summed E-state index contributed by atoms with van der Waals surface area (Å²) in [6.07, 6.45) is 3.29.